The average Bonchev–Trinajstić information content (AvgIpc) is 3.35. The molecule has 1 fully saturated rings. The SMILES string of the molecule is CC1(C)CN(c2nc(N)nc3c2C(=O)NC3)[C@@H]1c1nn2ccc(Cl)c2c(=O)n1-c1ccccn1. The van der Waals surface area contributed by atoms with Crippen molar-refractivity contribution in [3.8, 4) is 5.82 Å². The first-order valence-electron chi connectivity index (χ1n) is 10.7. The lowest BCUT2D eigenvalue weighted by atomic mass is 9.74. The van der Waals surface area contributed by atoms with Crippen molar-refractivity contribution >= 4 is 34.8 Å². The highest BCUT2D eigenvalue weighted by Crippen LogP contribution is 2.50. The fraction of sp³-hybridized carbons (Fsp3) is 0.273. The maximum absolute atomic E-state index is 13.7. The number of fused-ring (bicyclic) bond motifs is 2. The molecule has 2 aliphatic rings. The molecule has 34 heavy (non-hydrogen) atoms. The lowest BCUT2D eigenvalue weighted by Gasteiger charge is -2.54. The van der Waals surface area contributed by atoms with E-state index >= 15 is 0 Å². The van der Waals surface area contributed by atoms with E-state index in [0.717, 1.165) is 0 Å². The van der Waals surface area contributed by atoms with Gasteiger partial charge in [-0.25, -0.2) is 19.1 Å². The zero-order chi connectivity index (χ0) is 23.8. The fourth-order valence-corrected chi connectivity index (χ4v) is 5.10. The molecule has 0 spiro atoms. The summed E-state index contributed by atoms with van der Waals surface area (Å²) in [5.41, 5.74) is 6.53. The predicted octanol–water partition coefficient (Wildman–Crippen LogP) is 1.74. The van der Waals surface area contributed by atoms with Crippen LogP contribution in [0.5, 0.6) is 0 Å². The third-order valence-corrected chi connectivity index (χ3v) is 6.62. The van der Waals surface area contributed by atoms with Gasteiger partial charge < -0.3 is 16.0 Å². The van der Waals surface area contributed by atoms with E-state index in [2.05, 4.69) is 34.1 Å². The van der Waals surface area contributed by atoms with Crippen LogP contribution in [-0.2, 0) is 6.54 Å². The molecule has 0 saturated carbocycles. The number of nitrogens with two attached hydrogens (primary N) is 1. The minimum Gasteiger partial charge on any atom is -0.368 e. The molecule has 0 unspecified atom stereocenters. The molecule has 6 heterocycles. The van der Waals surface area contributed by atoms with Crippen molar-refractivity contribution in [2.45, 2.75) is 26.4 Å². The highest BCUT2D eigenvalue weighted by atomic mass is 35.5. The van der Waals surface area contributed by atoms with Crippen molar-refractivity contribution in [2.75, 3.05) is 17.2 Å². The Morgan fingerprint density at radius 1 is 1.21 bits per heavy atom. The van der Waals surface area contributed by atoms with Gasteiger partial charge in [0.1, 0.15) is 22.7 Å². The van der Waals surface area contributed by atoms with Crippen LogP contribution in [0.1, 0.15) is 41.8 Å². The molecule has 0 aromatic carbocycles. The Hall–Kier alpha value is -3.99. The molecule has 1 atom stereocenters. The Balaban J connectivity index is 1.61. The largest absolute Gasteiger partial charge is 0.368 e. The summed E-state index contributed by atoms with van der Waals surface area (Å²) in [5.74, 6) is 1.12. The number of amides is 1. The molecular weight excluding hydrogens is 458 g/mol. The molecule has 12 heteroatoms. The number of nitrogens with zero attached hydrogens (tertiary/aromatic N) is 7. The maximum Gasteiger partial charge on any atom is 0.285 e. The summed E-state index contributed by atoms with van der Waals surface area (Å²) in [6.07, 6.45) is 3.26. The number of anilines is 2. The number of pyridine rings is 1. The van der Waals surface area contributed by atoms with Crippen LogP contribution in [-0.4, -0.2) is 41.6 Å². The molecule has 1 amide bonds. The van der Waals surface area contributed by atoms with Gasteiger partial charge in [-0.1, -0.05) is 31.5 Å². The number of halogens is 1. The summed E-state index contributed by atoms with van der Waals surface area (Å²) in [4.78, 5) is 41.3. The number of hydrogen-bond donors (Lipinski definition) is 2. The normalized spacial score (nSPS) is 18.6. The van der Waals surface area contributed by atoms with Gasteiger partial charge in [0.15, 0.2) is 5.82 Å². The van der Waals surface area contributed by atoms with E-state index in [1.54, 1.807) is 36.7 Å². The first-order chi connectivity index (χ1) is 16.3. The summed E-state index contributed by atoms with van der Waals surface area (Å²) < 4.78 is 2.96. The van der Waals surface area contributed by atoms with Crippen molar-refractivity contribution < 1.29 is 4.79 Å². The van der Waals surface area contributed by atoms with Crippen molar-refractivity contribution in [3.63, 3.8) is 0 Å². The Morgan fingerprint density at radius 3 is 2.76 bits per heavy atom. The fourth-order valence-electron chi connectivity index (χ4n) is 4.88. The Bertz CT molecular complexity index is 1540. The summed E-state index contributed by atoms with van der Waals surface area (Å²) in [7, 11) is 0. The van der Waals surface area contributed by atoms with Crippen LogP contribution in [0.2, 0.25) is 5.02 Å². The van der Waals surface area contributed by atoms with Gasteiger partial charge in [-0.2, -0.15) is 10.1 Å². The molecule has 0 aliphatic carbocycles. The van der Waals surface area contributed by atoms with Gasteiger partial charge in [-0.3, -0.25) is 9.59 Å². The van der Waals surface area contributed by atoms with Gasteiger partial charge in [0.2, 0.25) is 5.95 Å². The van der Waals surface area contributed by atoms with E-state index in [1.807, 2.05) is 4.90 Å². The van der Waals surface area contributed by atoms with Crippen LogP contribution >= 0.6 is 11.6 Å². The molecule has 4 aromatic heterocycles. The number of carbonyl (C=O) groups is 1. The Morgan fingerprint density at radius 2 is 2.03 bits per heavy atom. The van der Waals surface area contributed by atoms with Crippen LogP contribution in [0.3, 0.4) is 0 Å². The number of hydrogen-bond acceptors (Lipinski definition) is 8. The molecule has 2 aliphatic heterocycles. The van der Waals surface area contributed by atoms with E-state index in [1.165, 1.54) is 9.08 Å². The monoisotopic (exact) mass is 477 g/mol. The number of nitrogen functional groups attached to an aromatic ring is 1. The predicted molar refractivity (Wildman–Crippen MR) is 125 cm³/mol. The molecular formula is C22H20ClN9O2. The van der Waals surface area contributed by atoms with Crippen LogP contribution in [0.4, 0.5) is 11.8 Å². The number of aromatic nitrogens is 6. The third-order valence-electron chi connectivity index (χ3n) is 6.31. The van der Waals surface area contributed by atoms with E-state index in [9.17, 15) is 9.59 Å². The van der Waals surface area contributed by atoms with E-state index in [4.69, 9.17) is 22.4 Å². The minimum atomic E-state index is -0.417. The molecule has 0 radical (unpaired) electrons. The maximum atomic E-state index is 13.7. The van der Waals surface area contributed by atoms with Gasteiger partial charge >= 0.3 is 0 Å². The number of nitrogens with one attached hydrogen (secondary N) is 1. The molecule has 0 bridgehead atoms. The van der Waals surface area contributed by atoms with Crippen molar-refractivity contribution in [2.24, 2.45) is 5.41 Å². The first kappa shape index (κ1) is 20.6. The quantitative estimate of drug-likeness (QED) is 0.455. The topological polar surface area (TPSA) is 136 Å². The summed E-state index contributed by atoms with van der Waals surface area (Å²) in [5, 5.41) is 7.88. The smallest absolute Gasteiger partial charge is 0.285 e. The zero-order valence-corrected chi connectivity index (χ0v) is 19.1. The zero-order valence-electron chi connectivity index (χ0n) is 18.4. The molecule has 172 valence electrons. The highest BCUT2D eigenvalue weighted by Gasteiger charge is 2.51. The first-order valence-corrected chi connectivity index (χ1v) is 11.1. The van der Waals surface area contributed by atoms with Gasteiger partial charge in [0.25, 0.3) is 11.5 Å². The van der Waals surface area contributed by atoms with Crippen LogP contribution in [0, 0.1) is 5.41 Å². The lowest BCUT2D eigenvalue weighted by Crippen LogP contribution is -2.58. The molecule has 3 N–H and O–H groups in total. The molecule has 11 nitrogen and oxygen atoms in total. The third kappa shape index (κ3) is 2.83. The van der Waals surface area contributed by atoms with Gasteiger partial charge in [0, 0.05) is 24.4 Å². The van der Waals surface area contributed by atoms with Crippen molar-refractivity contribution in [3.05, 3.63) is 69.1 Å². The van der Waals surface area contributed by atoms with E-state index < -0.39 is 6.04 Å². The highest BCUT2D eigenvalue weighted by molar-refractivity contribution is 6.33. The van der Waals surface area contributed by atoms with Crippen LogP contribution in [0.25, 0.3) is 11.3 Å². The summed E-state index contributed by atoms with van der Waals surface area (Å²) in [6.45, 7) is 5.00. The second-order valence-electron chi connectivity index (χ2n) is 9.07. The summed E-state index contributed by atoms with van der Waals surface area (Å²) >= 11 is 6.31. The lowest BCUT2D eigenvalue weighted by molar-refractivity contribution is 0.0963. The molecule has 6 rings (SSSR count). The number of carbonyl (C=O) groups excluding carboxylic acids is 1. The van der Waals surface area contributed by atoms with E-state index in [-0.39, 0.29) is 28.3 Å². The number of rotatable bonds is 3. The molecule has 4 aromatic rings. The van der Waals surface area contributed by atoms with Crippen molar-refractivity contribution in [1.82, 2.24) is 34.4 Å². The Kier molecular flexibility index (Phi) is 4.24. The molecule has 1 saturated heterocycles. The second-order valence-corrected chi connectivity index (χ2v) is 9.48. The van der Waals surface area contributed by atoms with Crippen LogP contribution < -0.4 is 21.5 Å². The average molecular weight is 478 g/mol. The Labute approximate surface area is 198 Å². The van der Waals surface area contributed by atoms with Gasteiger partial charge in [-0.05, 0) is 18.2 Å². The second kappa shape index (κ2) is 7.00. The van der Waals surface area contributed by atoms with E-state index in [0.29, 0.717) is 46.8 Å². The van der Waals surface area contributed by atoms with Gasteiger partial charge in [-0.15, -0.1) is 0 Å². The summed E-state index contributed by atoms with van der Waals surface area (Å²) in [6, 6.07) is 6.53. The van der Waals surface area contributed by atoms with Crippen molar-refractivity contribution in [1.29, 1.82) is 0 Å². The minimum absolute atomic E-state index is 0.0800. The van der Waals surface area contributed by atoms with Gasteiger partial charge in [0.05, 0.1) is 23.3 Å². The standard InChI is InChI=1S/C22H20ClN9O2/c1-22(2)10-30(17-14-12(9-26-19(14)33)27-21(24)28-17)16(22)18-29-31-8-6-11(23)15(31)20(34)32(18)13-5-3-4-7-25-13/h3-8,16H,9-10H2,1-2H3,(H,26,33)(H2,24,27,28)/t16-/m1/s1. The van der Waals surface area contributed by atoms with Crippen LogP contribution in [0.15, 0.2) is 41.5 Å².